The lowest BCUT2D eigenvalue weighted by atomic mass is 9.99. The predicted octanol–water partition coefficient (Wildman–Crippen LogP) is 2.45. The van der Waals surface area contributed by atoms with Crippen molar-refractivity contribution in [3.05, 3.63) is 46.9 Å². The minimum Gasteiger partial charge on any atom is -0.366 e. The number of hydrogen-bond donors (Lipinski definition) is 5. The Bertz CT molecular complexity index is 1200. The van der Waals surface area contributed by atoms with Crippen molar-refractivity contribution in [1.29, 1.82) is 0 Å². The maximum atomic E-state index is 13.4. The van der Waals surface area contributed by atoms with Gasteiger partial charge in [-0.1, -0.05) is 43.8 Å². The lowest BCUT2D eigenvalue weighted by Gasteiger charge is -2.26. The summed E-state index contributed by atoms with van der Waals surface area (Å²) in [4.78, 5) is 46.7. The number of nitrogens with two attached hydrogens (primary N) is 1. The van der Waals surface area contributed by atoms with Gasteiger partial charge in [0, 0.05) is 21.8 Å². The summed E-state index contributed by atoms with van der Waals surface area (Å²) in [6.07, 6.45) is 5.60. The number of benzene rings is 1. The molecule has 11 heteroatoms. The normalized spacial score (nSPS) is 21.3. The number of thioether (sulfide) groups is 1. The fraction of sp³-hybridized carbons (Fsp3) is 0.517. The number of amides is 3. The van der Waals surface area contributed by atoms with Crippen molar-refractivity contribution < 1.29 is 24.2 Å². The first-order valence-electron chi connectivity index (χ1n) is 13.9. The van der Waals surface area contributed by atoms with Crippen LogP contribution in [0, 0.1) is 5.92 Å². The standard InChI is InChI=1S/C29H39N5O5S/c1-17(2)15-23(28(37)33-21-12-14-39-29(21)38)34-27(36)20(8-5-6-13-30)32-26(35)18-10-11-25-22(16-18)31-19-7-3-4-9-24(19)40-25/h3-4,7,9-11,17,20-21,23,29,38H,5-6,8,12-16,30H2,1-2H3,(H,32,35)(H,33,37)(H,34,36)/t20?,21-,23-,29?/m0/s1. The van der Waals surface area contributed by atoms with E-state index in [1.54, 1.807) is 17.8 Å². The van der Waals surface area contributed by atoms with Crippen LogP contribution in [0.3, 0.4) is 0 Å². The minimum atomic E-state index is -1.07. The summed E-state index contributed by atoms with van der Waals surface area (Å²) in [7, 11) is 0. The van der Waals surface area contributed by atoms with Gasteiger partial charge in [-0.25, -0.2) is 0 Å². The highest BCUT2D eigenvalue weighted by Gasteiger charge is 2.33. The molecule has 1 aliphatic carbocycles. The molecule has 1 saturated heterocycles. The van der Waals surface area contributed by atoms with E-state index >= 15 is 0 Å². The number of carbonyl (C=O) groups is 3. The maximum Gasteiger partial charge on any atom is 0.248 e. The number of fused-ring (bicyclic) bond motifs is 2. The number of nitrogens with zero attached hydrogens (tertiary/aromatic N) is 1. The summed E-state index contributed by atoms with van der Waals surface area (Å²) in [6.45, 7) is 4.75. The molecule has 0 aromatic heterocycles. The quantitative estimate of drug-likeness (QED) is 0.242. The van der Waals surface area contributed by atoms with Gasteiger partial charge in [0.2, 0.25) is 17.7 Å². The molecular weight excluding hydrogens is 530 g/mol. The van der Waals surface area contributed by atoms with E-state index < -0.39 is 30.3 Å². The number of ether oxygens (including phenoxy) is 1. The molecule has 0 spiro atoms. The third kappa shape index (κ3) is 7.81. The number of aliphatic hydroxyl groups excluding tert-OH is 1. The minimum absolute atomic E-state index is 0.124. The van der Waals surface area contributed by atoms with E-state index in [1.165, 1.54) is 0 Å². The van der Waals surface area contributed by atoms with Gasteiger partial charge in [-0.15, -0.1) is 0 Å². The van der Waals surface area contributed by atoms with Crippen LogP contribution in [0.1, 0.15) is 52.4 Å². The summed E-state index contributed by atoms with van der Waals surface area (Å²) < 4.78 is 5.13. The molecule has 4 rings (SSSR count). The van der Waals surface area contributed by atoms with Crippen LogP contribution in [0.25, 0.3) is 0 Å². The van der Waals surface area contributed by atoms with Crippen molar-refractivity contribution in [3.8, 4) is 0 Å². The van der Waals surface area contributed by atoms with Gasteiger partial charge in [0.1, 0.15) is 12.1 Å². The van der Waals surface area contributed by atoms with Crippen molar-refractivity contribution in [2.75, 3.05) is 13.2 Å². The maximum absolute atomic E-state index is 13.4. The zero-order valence-electron chi connectivity index (χ0n) is 23.0. The first kappa shape index (κ1) is 30.0. The highest BCUT2D eigenvalue weighted by molar-refractivity contribution is 8.04. The van der Waals surface area contributed by atoms with Crippen molar-refractivity contribution in [2.45, 2.75) is 81.7 Å². The monoisotopic (exact) mass is 569 g/mol. The molecule has 4 atom stereocenters. The van der Waals surface area contributed by atoms with Crippen LogP contribution in [-0.4, -0.2) is 66.1 Å². The molecule has 2 aliphatic heterocycles. The van der Waals surface area contributed by atoms with Crippen molar-refractivity contribution in [1.82, 2.24) is 16.0 Å². The van der Waals surface area contributed by atoms with Gasteiger partial charge in [0.25, 0.3) is 0 Å². The third-order valence-electron chi connectivity index (χ3n) is 7.01. The van der Waals surface area contributed by atoms with Crippen LogP contribution in [0.2, 0.25) is 0 Å². The summed E-state index contributed by atoms with van der Waals surface area (Å²) in [5.74, 6) is -1.03. The van der Waals surface area contributed by atoms with Gasteiger partial charge in [-0.2, -0.15) is 0 Å². The molecule has 216 valence electrons. The zero-order chi connectivity index (χ0) is 28.6. The number of unbranched alkanes of at least 4 members (excludes halogenated alkanes) is 1. The Kier molecular flexibility index (Phi) is 10.5. The zero-order valence-corrected chi connectivity index (χ0v) is 23.8. The van der Waals surface area contributed by atoms with Gasteiger partial charge in [-0.05, 0) is 62.8 Å². The van der Waals surface area contributed by atoms with Crippen molar-refractivity contribution in [3.63, 3.8) is 0 Å². The number of allylic oxidation sites excluding steroid dienone is 3. The van der Waals surface area contributed by atoms with Crippen molar-refractivity contribution >= 4 is 40.9 Å². The second-order valence-corrected chi connectivity index (χ2v) is 11.8. The van der Waals surface area contributed by atoms with Crippen molar-refractivity contribution in [2.24, 2.45) is 16.6 Å². The molecule has 3 amide bonds. The number of aliphatic hydroxyl groups is 1. The fourth-order valence-electron chi connectivity index (χ4n) is 4.83. The van der Waals surface area contributed by atoms with E-state index in [4.69, 9.17) is 15.5 Å². The average molecular weight is 570 g/mol. The molecule has 1 aromatic carbocycles. The van der Waals surface area contributed by atoms with Crippen LogP contribution >= 0.6 is 11.8 Å². The van der Waals surface area contributed by atoms with E-state index in [0.717, 1.165) is 21.2 Å². The van der Waals surface area contributed by atoms with E-state index in [0.29, 0.717) is 57.2 Å². The average Bonchev–Trinajstić information content (AvgIpc) is 3.34. The highest BCUT2D eigenvalue weighted by Crippen LogP contribution is 2.42. The summed E-state index contributed by atoms with van der Waals surface area (Å²) in [6, 6.07) is 5.70. The first-order valence-corrected chi connectivity index (χ1v) is 14.7. The Hall–Kier alpha value is -2.99. The molecular formula is C29H39N5O5S. The molecule has 0 saturated carbocycles. The van der Waals surface area contributed by atoms with Gasteiger partial charge in [0.05, 0.1) is 24.0 Å². The topological polar surface area (TPSA) is 155 Å². The molecule has 3 aliphatic rings. The lowest BCUT2D eigenvalue weighted by molar-refractivity contribution is -0.133. The summed E-state index contributed by atoms with van der Waals surface area (Å²) in [5.41, 5.74) is 7.89. The molecule has 0 radical (unpaired) electrons. The van der Waals surface area contributed by atoms with Crippen LogP contribution in [0.15, 0.2) is 56.8 Å². The van der Waals surface area contributed by atoms with Gasteiger partial charge in [-0.3, -0.25) is 19.4 Å². The van der Waals surface area contributed by atoms with E-state index in [1.807, 2.05) is 44.2 Å². The van der Waals surface area contributed by atoms with E-state index in [-0.39, 0.29) is 17.7 Å². The Morgan fingerprint density at radius 3 is 2.65 bits per heavy atom. The molecule has 0 bridgehead atoms. The smallest absolute Gasteiger partial charge is 0.248 e. The Labute approximate surface area is 239 Å². The molecule has 2 unspecified atom stereocenters. The van der Waals surface area contributed by atoms with Crippen LogP contribution in [0.5, 0.6) is 0 Å². The highest BCUT2D eigenvalue weighted by atomic mass is 32.2. The second kappa shape index (κ2) is 14.1. The Balaban J connectivity index is 1.43. The molecule has 2 heterocycles. The molecule has 10 nitrogen and oxygen atoms in total. The van der Waals surface area contributed by atoms with Crippen LogP contribution < -0.4 is 21.7 Å². The SMILES string of the molecule is CC(C)C[C@H](NC(=O)C(CCCCN)NC(=O)C1=CC=C2Sc3ccccc3N=C2C1)C(=O)N[C@H]1CCOC1O. The number of nitrogens with one attached hydrogen (secondary N) is 3. The molecule has 1 aromatic rings. The lowest BCUT2D eigenvalue weighted by Crippen LogP contribution is -2.56. The van der Waals surface area contributed by atoms with E-state index in [2.05, 4.69) is 16.0 Å². The first-order chi connectivity index (χ1) is 19.2. The predicted molar refractivity (Wildman–Crippen MR) is 155 cm³/mol. The fourth-order valence-corrected chi connectivity index (χ4v) is 5.80. The Morgan fingerprint density at radius 2 is 1.93 bits per heavy atom. The summed E-state index contributed by atoms with van der Waals surface area (Å²) in [5, 5.41) is 18.5. The van der Waals surface area contributed by atoms with Gasteiger partial charge in [0.15, 0.2) is 6.29 Å². The third-order valence-corrected chi connectivity index (χ3v) is 8.17. The van der Waals surface area contributed by atoms with E-state index in [9.17, 15) is 19.5 Å². The summed E-state index contributed by atoms with van der Waals surface area (Å²) >= 11 is 1.63. The van der Waals surface area contributed by atoms with Crippen LogP contribution in [-0.2, 0) is 19.1 Å². The van der Waals surface area contributed by atoms with Gasteiger partial charge < -0.3 is 31.5 Å². The van der Waals surface area contributed by atoms with Crippen LogP contribution in [0.4, 0.5) is 5.69 Å². The Morgan fingerprint density at radius 1 is 1.12 bits per heavy atom. The van der Waals surface area contributed by atoms with Gasteiger partial charge >= 0.3 is 0 Å². The number of rotatable bonds is 12. The molecule has 40 heavy (non-hydrogen) atoms. The molecule has 1 fully saturated rings. The number of carbonyl (C=O) groups excluding carboxylic acids is 3. The number of para-hydroxylation sites is 1. The number of aliphatic imine (C=N–C) groups is 1. The largest absolute Gasteiger partial charge is 0.366 e. The number of hydrogen-bond acceptors (Lipinski definition) is 8. The second-order valence-electron chi connectivity index (χ2n) is 10.7. The molecule has 6 N–H and O–H groups in total.